The molecule has 24 heavy (non-hydrogen) atoms. The largest absolute Gasteiger partial charge is 0.376 e. The number of rotatable bonds is 6. The minimum absolute atomic E-state index is 0.0218. The topological polar surface area (TPSA) is 75.7 Å². The summed E-state index contributed by atoms with van der Waals surface area (Å²) >= 11 is 0. The number of nitrogens with one attached hydrogen (secondary N) is 1. The zero-order chi connectivity index (χ0) is 17.9. The SMILES string of the molecule is Cc1ccc(C)c(N([C@H](C)C(=O)NC[C@@H]2CCCO2)S(C)(=O)=O)c1. The Balaban J connectivity index is 2.20. The molecular weight excluding hydrogens is 328 g/mol. The molecule has 1 fully saturated rings. The monoisotopic (exact) mass is 354 g/mol. The summed E-state index contributed by atoms with van der Waals surface area (Å²) in [6.07, 6.45) is 3.06. The summed E-state index contributed by atoms with van der Waals surface area (Å²) in [6, 6.07) is 4.74. The fourth-order valence-corrected chi connectivity index (χ4v) is 4.13. The van der Waals surface area contributed by atoms with Crippen LogP contribution >= 0.6 is 0 Å². The van der Waals surface area contributed by atoms with E-state index in [4.69, 9.17) is 4.74 Å². The van der Waals surface area contributed by atoms with Crippen LogP contribution in [0.1, 0.15) is 30.9 Å². The van der Waals surface area contributed by atoms with Crippen LogP contribution in [0, 0.1) is 13.8 Å². The van der Waals surface area contributed by atoms with E-state index in [0.717, 1.165) is 30.2 Å². The predicted molar refractivity (Wildman–Crippen MR) is 94.7 cm³/mol. The van der Waals surface area contributed by atoms with E-state index in [-0.39, 0.29) is 12.0 Å². The number of anilines is 1. The van der Waals surface area contributed by atoms with E-state index in [1.54, 1.807) is 13.0 Å². The molecule has 1 aromatic rings. The first-order chi connectivity index (χ1) is 11.2. The first-order valence-electron chi connectivity index (χ1n) is 8.16. The average molecular weight is 354 g/mol. The lowest BCUT2D eigenvalue weighted by Crippen LogP contribution is -2.49. The quantitative estimate of drug-likeness (QED) is 0.844. The van der Waals surface area contributed by atoms with Crippen molar-refractivity contribution in [2.24, 2.45) is 0 Å². The van der Waals surface area contributed by atoms with Gasteiger partial charge in [0.15, 0.2) is 0 Å². The van der Waals surface area contributed by atoms with Gasteiger partial charge >= 0.3 is 0 Å². The van der Waals surface area contributed by atoms with Gasteiger partial charge in [0.05, 0.1) is 18.0 Å². The Kier molecular flexibility index (Phi) is 5.87. The van der Waals surface area contributed by atoms with Crippen LogP contribution in [-0.4, -0.2) is 45.9 Å². The van der Waals surface area contributed by atoms with Gasteiger partial charge in [-0.25, -0.2) is 8.42 Å². The Morgan fingerprint density at radius 2 is 2.12 bits per heavy atom. The molecular formula is C17H26N2O4S. The highest BCUT2D eigenvalue weighted by atomic mass is 32.2. The number of benzene rings is 1. The van der Waals surface area contributed by atoms with Crippen molar-refractivity contribution in [3.05, 3.63) is 29.3 Å². The van der Waals surface area contributed by atoms with Crippen molar-refractivity contribution in [2.75, 3.05) is 23.7 Å². The second-order valence-corrected chi connectivity index (χ2v) is 8.26. The molecule has 0 bridgehead atoms. The van der Waals surface area contributed by atoms with Crippen molar-refractivity contribution >= 4 is 21.6 Å². The van der Waals surface area contributed by atoms with Crippen molar-refractivity contribution < 1.29 is 17.9 Å². The molecule has 134 valence electrons. The molecule has 2 atom stereocenters. The van der Waals surface area contributed by atoms with Gasteiger partial charge in [-0.3, -0.25) is 9.10 Å². The molecule has 0 aromatic heterocycles. The average Bonchev–Trinajstić information content (AvgIpc) is 3.00. The van der Waals surface area contributed by atoms with Crippen LogP contribution in [0.5, 0.6) is 0 Å². The summed E-state index contributed by atoms with van der Waals surface area (Å²) < 4.78 is 31.3. The number of hydrogen-bond donors (Lipinski definition) is 1. The Morgan fingerprint density at radius 1 is 1.42 bits per heavy atom. The maximum Gasteiger partial charge on any atom is 0.243 e. The van der Waals surface area contributed by atoms with Gasteiger partial charge in [0.2, 0.25) is 15.9 Å². The van der Waals surface area contributed by atoms with Crippen molar-refractivity contribution in [3.63, 3.8) is 0 Å². The first-order valence-corrected chi connectivity index (χ1v) is 10.0. The van der Waals surface area contributed by atoms with E-state index in [2.05, 4.69) is 5.32 Å². The molecule has 1 saturated heterocycles. The molecule has 2 rings (SSSR count). The lowest BCUT2D eigenvalue weighted by Gasteiger charge is -2.30. The van der Waals surface area contributed by atoms with Gasteiger partial charge in [0, 0.05) is 13.2 Å². The molecule has 1 aromatic carbocycles. The smallest absolute Gasteiger partial charge is 0.243 e. The van der Waals surface area contributed by atoms with Crippen LogP contribution < -0.4 is 9.62 Å². The van der Waals surface area contributed by atoms with Gasteiger partial charge in [-0.2, -0.15) is 0 Å². The Labute approximate surface area is 144 Å². The molecule has 0 radical (unpaired) electrons. The van der Waals surface area contributed by atoms with Crippen LogP contribution in [0.15, 0.2) is 18.2 Å². The molecule has 1 N–H and O–H groups in total. The van der Waals surface area contributed by atoms with Crippen LogP contribution in [0.2, 0.25) is 0 Å². The Morgan fingerprint density at radius 3 is 2.71 bits per heavy atom. The summed E-state index contributed by atoms with van der Waals surface area (Å²) in [6.45, 7) is 6.46. The Hall–Kier alpha value is -1.60. The minimum atomic E-state index is -3.60. The van der Waals surface area contributed by atoms with E-state index >= 15 is 0 Å². The molecule has 7 heteroatoms. The lowest BCUT2D eigenvalue weighted by atomic mass is 10.1. The molecule has 0 spiro atoms. The second kappa shape index (κ2) is 7.53. The van der Waals surface area contributed by atoms with Crippen molar-refractivity contribution in [1.82, 2.24) is 5.32 Å². The van der Waals surface area contributed by atoms with E-state index < -0.39 is 16.1 Å². The molecule has 1 amide bonds. The third-order valence-corrected chi connectivity index (χ3v) is 5.45. The van der Waals surface area contributed by atoms with E-state index in [0.29, 0.717) is 18.8 Å². The zero-order valence-electron chi connectivity index (χ0n) is 14.7. The third-order valence-electron chi connectivity index (χ3n) is 4.22. The molecule has 0 unspecified atom stereocenters. The maximum absolute atomic E-state index is 12.5. The minimum Gasteiger partial charge on any atom is -0.376 e. The van der Waals surface area contributed by atoms with Crippen LogP contribution in [-0.2, 0) is 19.6 Å². The first kappa shape index (κ1) is 18.7. The fourth-order valence-electron chi connectivity index (χ4n) is 2.91. The van der Waals surface area contributed by atoms with Gasteiger partial charge in [-0.1, -0.05) is 12.1 Å². The normalized spacial score (nSPS) is 19.1. The molecule has 1 heterocycles. The number of nitrogens with zero attached hydrogens (tertiary/aromatic N) is 1. The standard InChI is InChI=1S/C17H26N2O4S/c1-12-7-8-13(2)16(10-12)19(24(4,21)22)14(3)17(20)18-11-15-6-5-9-23-15/h7-8,10,14-15H,5-6,9,11H2,1-4H3,(H,18,20)/t14-,15+/m1/s1. The zero-order valence-corrected chi connectivity index (χ0v) is 15.5. The molecule has 0 aliphatic carbocycles. The molecule has 6 nitrogen and oxygen atoms in total. The van der Waals surface area contributed by atoms with E-state index in [1.807, 2.05) is 26.0 Å². The van der Waals surface area contributed by atoms with Crippen LogP contribution in [0.4, 0.5) is 5.69 Å². The van der Waals surface area contributed by atoms with E-state index in [9.17, 15) is 13.2 Å². The number of ether oxygens (including phenoxy) is 1. The number of aryl methyl sites for hydroxylation is 2. The van der Waals surface area contributed by atoms with Gasteiger partial charge in [0.25, 0.3) is 0 Å². The second-order valence-electron chi connectivity index (χ2n) is 6.40. The highest BCUT2D eigenvalue weighted by Gasteiger charge is 2.30. The summed E-state index contributed by atoms with van der Waals surface area (Å²) in [5, 5.41) is 2.81. The van der Waals surface area contributed by atoms with E-state index in [1.165, 1.54) is 4.31 Å². The van der Waals surface area contributed by atoms with Gasteiger partial charge in [-0.05, 0) is 50.8 Å². The maximum atomic E-state index is 12.5. The summed E-state index contributed by atoms with van der Waals surface area (Å²) in [7, 11) is -3.60. The van der Waals surface area contributed by atoms with Gasteiger partial charge in [-0.15, -0.1) is 0 Å². The number of carbonyl (C=O) groups is 1. The van der Waals surface area contributed by atoms with Crippen molar-refractivity contribution in [3.8, 4) is 0 Å². The summed E-state index contributed by atoms with van der Waals surface area (Å²) in [4.78, 5) is 12.5. The number of carbonyl (C=O) groups excluding carboxylic acids is 1. The van der Waals surface area contributed by atoms with Gasteiger partial charge in [0.1, 0.15) is 6.04 Å². The highest BCUT2D eigenvalue weighted by molar-refractivity contribution is 7.92. The molecule has 0 saturated carbocycles. The van der Waals surface area contributed by atoms with Crippen LogP contribution in [0.25, 0.3) is 0 Å². The fraction of sp³-hybridized carbons (Fsp3) is 0.588. The predicted octanol–water partition coefficient (Wildman–Crippen LogP) is 1.75. The van der Waals surface area contributed by atoms with Crippen molar-refractivity contribution in [2.45, 2.75) is 45.8 Å². The molecule has 1 aliphatic heterocycles. The van der Waals surface area contributed by atoms with Crippen molar-refractivity contribution in [1.29, 1.82) is 0 Å². The lowest BCUT2D eigenvalue weighted by molar-refractivity contribution is -0.122. The summed E-state index contributed by atoms with van der Waals surface area (Å²) in [5.74, 6) is -0.322. The number of amides is 1. The molecule has 1 aliphatic rings. The summed E-state index contributed by atoms with van der Waals surface area (Å²) in [5.41, 5.74) is 2.29. The number of hydrogen-bond acceptors (Lipinski definition) is 4. The number of sulfonamides is 1. The van der Waals surface area contributed by atoms with Crippen LogP contribution in [0.3, 0.4) is 0 Å². The Bertz CT molecular complexity index is 697. The highest BCUT2D eigenvalue weighted by Crippen LogP contribution is 2.26. The van der Waals surface area contributed by atoms with Gasteiger partial charge < -0.3 is 10.1 Å². The third kappa shape index (κ3) is 4.48.